The Hall–Kier alpha value is -1.19. The molecular formula is C17H25NO2. The minimum atomic E-state index is 0.274. The molecule has 3 heteroatoms. The monoisotopic (exact) mass is 275 g/mol. The molecule has 1 aliphatic rings. The summed E-state index contributed by atoms with van der Waals surface area (Å²) in [7, 11) is 0. The molecule has 1 heterocycles. The first-order chi connectivity index (χ1) is 9.66. The van der Waals surface area contributed by atoms with E-state index in [-0.39, 0.29) is 5.78 Å². The number of benzene rings is 1. The molecule has 2 rings (SSSR count). The van der Waals surface area contributed by atoms with Gasteiger partial charge in [-0.3, -0.25) is 4.79 Å². The fourth-order valence-electron chi connectivity index (χ4n) is 2.71. The van der Waals surface area contributed by atoms with Crippen LogP contribution in [0.4, 0.5) is 0 Å². The smallest absolute Gasteiger partial charge is 0.139 e. The summed E-state index contributed by atoms with van der Waals surface area (Å²) in [5.41, 5.74) is 3.59. The van der Waals surface area contributed by atoms with Gasteiger partial charge in [-0.25, -0.2) is 0 Å². The molecular weight excluding hydrogens is 250 g/mol. The van der Waals surface area contributed by atoms with Gasteiger partial charge in [-0.15, -0.1) is 0 Å². The topological polar surface area (TPSA) is 38.3 Å². The fraction of sp³-hybridized carbons (Fsp3) is 0.588. The maximum absolute atomic E-state index is 12.1. The average molecular weight is 275 g/mol. The molecule has 1 aliphatic heterocycles. The molecule has 1 fully saturated rings. The number of hydrogen-bond acceptors (Lipinski definition) is 3. The molecule has 110 valence electrons. The second kappa shape index (κ2) is 7.55. The van der Waals surface area contributed by atoms with Crippen LogP contribution in [0, 0.1) is 13.8 Å². The van der Waals surface area contributed by atoms with Crippen LogP contribution in [-0.4, -0.2) is 31.6 Å². The number of piperidine rings is 1. The molecule has 0 spiro atoms. The van der Waals surface area contributed by atoms with Crippen LogP contribution in [0.1, 0.15) is 36.0 Å². The molecule has 1 aromatic carbocycles. The number of nitrogens with one attached hydrogen (secondary N) is 1. The maximum atomic E-state index is 12.1. The predicted molar refractivity (Wildman–Crippen MR) is 81.1 cm³/mol. The Labute approximate surface area is 121 Å². The van der Waals surface area contributed by atoms with Gasteiger partial charge in [0.25, 0.3) is 0 Å². The van der Waals surface area contributed by atoms with Gasteiger partial charge in [-0.2, -0.15) is 0 Å². The molecule has 20 heavy (non-hydrogen) atoms. The van der Waals surface area contributed by atoms with Crippen molar-refractivity contribution < 1.29 is 9.53 Å². The third-order valence-corrected chi connectivity index (χ3v) is 4.04. The van der Waals surface area contributed by atoms with Gasteiger partial charge in [0.15, 0.2) is 0 Å². The van der Waals surface area contributed by atoms with Gasteiger partial charge in [0.2, 0.25) is 0 Å². The van der Waals surface area contributed by atoms with Gasteiger partial charge in [0, 0.05) is 12.8 Å². The van der Waals surface area contributed by atoms with Crippen LogP contribution >= 0.6 is 0 Å². The Balaban J connectivity index is 1.75. The summed E-state index contributed by atoms with van der Waals surface area (Å²) in [4.78, 5) is 12.1. The summed E-state index contributed by atoms with van der Waals surface area (Å²) >= 11 is 0. The number of ether oxygens (including phenoxy) is 1. The number of aryl methyl sites for hydroxylation is 2. The number of hydrogen-bond donors (Lipinski definition) is 1. The van der Waals surface area contributed by atoms with E-state index in [1.807, 2.05) is 6.07 Å². The molecule has 0 aliphatic carbocycles. The lowest BCUT2D eigenvalue weighted by molar-refractivity contribution is -0.120. The van der Waals surface area contributed by atoms with Crippen LogP contribution in [0.5, 0.6) is 0 Å². The first-order valence-corrected chi connectivity index (χ1v) is 7.56. The van der Waals surface area contributed by atoms with E-state index >= 15 is 0 Å². The minimum Gasteiger partial charge on any atom is -0.378 e. The van der Waals surface area contributed by atoms with Crippen LogP contribution in [0.15, 0.2) is 18.2 Å². The second-order valence-electron chi connectivity index (χ2n) is 5.66. The van der Waals surface area contributed by atoms with E-state index in [9.17, 15) is 4.79 Å². The van der Waals surface area contributed by atoms with Crippen LogP contribution in [-0.2, 0) is 16.0 Å². The van der Waals surface area contributed by atoms with Crippen LogP contribution in [0.2, 0.25) is 0 Å². The zero-order valence-electron chi connectivity index (χ0n) is 12.6. The van der Waals surface area contributed by atoms with Gasteiger partial charge in [-0.05, 0) is 56.5 Å². The molecule has 0 aromatic heterocycles. The fourth-order valence-corrected chi connectivity index (χ4v) is 2.71. The third kappa shape index (κ3) is 4.43. The summed E-state index contributed by atoms with van der Waals surface area (Å²) in [6.07, 6.45) is 3.52. The van der Waals surface area contributed by atoms with Crippen LogP contribution in [0.3, 0.4) is 0 Å². The van der Waals surface area contributed by atoms with E-state index in [1.54, 1.807) is 0 Å². The summed E-state index contributed by atoms with van der Waals surface area (Å²) in [6, 6.07) is 6.18. The number of carbonyl (C=O) groups excluding carboxylic acids is 1. The Bertz CT molecular complexity index is 430. The lowest BCUT2D eigenvalue weighted by atomic mass is 9.97. The maximum Gasteiger partial charge on any atom is 0.139 e. The molecule has 0 unspecified atom stereocenters. The van der Waals surface area contributed by atoms with Crippen molar-refractivity contribution in [2.45, 2.75) is 45.6 Å². The van der Waals surface area contributed by atoms with Crippen molar-refractivity contribution >= 4 is 5.78 Å². The van der Waals surface area contributed by atoms with Gasteiger partial charge in [0.1, 0.15) is 5.78 Å². The highest BCUT2D eigenvalue weighted by atomic mass is 16.5. The zero-order chi connectivity index (χ0) is 14.4. The minimum absolute atomic E-state index is 0.274. The molecule has 3 nitrogen and oxygen atoms in total. The average Bonchev–Trinajstić information content (AvgIpc) is 2.44. The molecule has 1 saturated heterocycles. The molecule has 0 amide bonds. The normalized spacial score (nSPS) is 16.3. The highest BCUT2D eigenvalue weighted by Crippen LogP contribution is 2.15. The van der Waals surface area contributed by atoms with Crippen molar-refractivity contribution in [1.29, 1.82) is 0 Å². The van der Waals surface area contributed by atoms with E-state index in [1.165, 1.54) is 16.7 Å². The molecule has 0 atom stereocenters. The molecule has 1 aromatic rings. The number of carbonyl (C=O) groups is 1. The first-order valence-electron chi connectivity index (χ1n) is 7.56. The van der Waals surface area contributed by atoms with Crippen LogP contribution < -0.4 is 5.32 Å². The Morgan fingerprint density at radius 2 is 1.90 bits per heavy atom. The van der Waals surface area contributed by atoms with Crippen molar-refractivity contribution in [3.05, 3.63) is 34.9 Å². The van der Waals surface area contributed by atoms with E-state index in [2.05, 4.69) is 31.3 Å². The van der Waals surface area contributed by atoms with E-state index < -0.39 is 0 Å². The molecule has 0 saturated carbocycles. The first kappa shape index (κ1) is 15.2. The van der Waals surface area contributed by atoms with Crippen molar-refractivity contribution in [3.8, 4) is 0 Å². The van der Waals surface area contributed by atoms with Crippen molar-refractivity contribution in [2.24, 2.45) is 0 Å². The summed E-state index contributed by atoms with van der Waals surface area (Å²) < 4.78 is 5.79. The van der Waals surface area contributed by atoms with Gasteiger partial charge in [0.05, 0.1) is 12.7 Å². The Morgan fingerprint density at radius 3 is 2.55 bits per heavy atom. The van der Waals surface area contributed by atoms with Crippen LogP contribution in [0.25, 0.3) is 0 Å². The Kier molecular flexibility index (Phi) is 5.74. The van der Waals surface area contributed by atoms with E-state index in [4.69, 9.17) is 4.74 Å². The van der Waals surface area contributed by atoms with Crippen molar-refractivity contribution in [2.75, 3.05) is 19.7 Å². The van der Waals surface area contributed by atoms with E-state index in [0.717, 1.165) is 25.9 Å². The molecule has 0 bridgehead atoms. The second-order valence-corrected chi connectivity index (χ2v) is 5.66. The number of ketones is 1. The Morgan fingerprint density at radius 1 is 1.25 bits per heavy atom. The SMILES string of the molecule is Cc1cccc(C)c1CC(=O)CCOC1CCNCC1. The van der Waals surface area contributed by atoms with Gasteiger partial charge in [-0.1, -0.05) is 18.2 Å². The van der Waals surface area contributed by atoms with Gasteiger partial charge >= 0.3 is 0 Å². The van der Waals surface area contributed by atoms with Crippen molar-refractivity contribution in [3.63, 3.8) is 0 Å². The number of rotatable bonds is 6. The van der Waals surface area contributed by atoms with Crippen molar-refractivity contribution in [1.82, 2.24) is 5.32 Å². The summed E-state index contributed by atoms with van der Waals surface area (Å²) in [6.45, 7) is 6.76. The predicted octanol–water partition coefficient (Wildman–Crippen LogP) is 2.57. The highest BCUT2D eigenvalue weighted by molar-refractivity contribution is 5.81. The highest BCUT2D eigenvalue weighted by Gasteiger charge is 2.14. The third-order valence-electron chi connectivity index (χ3n) is 4.04. The van der Waals surface area contributed by atoms with Gasteiger partial charge < -0.3 is 10.1 Å². The summed E-state index contributed by atoms with van der Waals surface area (Å²) in [5, 5.41) is 3.31. The van der Waals surface area contributed by atoms with E-state index in [0.29, 0.717) is 25.6 Å². The number of Topliss-reactive ketones (excluding diaryl/α,β-unsaturated/α-hetero) is 1. The molecule has 1 N–H and O–H groups in total. The molecule has 0 radical (unpaired) electrons. The largest absolute Gasteiger partial charge is 0.378 e. The lowest BCUT2D eigenvalue weighted by Gasteiger charge is -2.22. The zero-order valence-corrected chi connectivity index (χ0v) is 12.6. The lowest BCUT2D eigenvalue weighted by Crippen LogP contribution is -2.32. The summed E-state index contributed by atoms with van der Waals surface area (Å²) in [5.74, 6) is 0.274. The quantitative estimate of drug-likeness (QED) is 0.867. The standard InChI is InChI=1S/C17H25NO2/c1-13-4-3-5-14(2)17(13)12-15(19)8-11-20-16-6-9-18-10-7-16/h3-5,16,18H,6-12H2,1-2H3.